The standard InChI is InChI=1S/C25H30N4O4S/c1-17-23-21(25(30)28-12-5-3-4-6-13-28)15-22(18-7-9-20(33-2)10-8-18)26-24(23)29(27-17)19-11-14-34(31,32)16-19/h7-10,15,19H,3-6,11-14,16H2,1-2H3/t19-/m0/s1. The molecule has 1 atom stereocenters. The summed E-state index contributed by atoms with van der Waals surface area (Å²) in [5, 5.41) is 5.42. The van der Waals surface area contributed by atoms with Gasteiger partial charge in [0.15, 0.2) is 15.5 Å². The zero-order valence-electron chi connectivity index (χ0n) is 19.7. The number of aromatic nitrogens is 3. The smallest absolute Gasteiger partial charge is 0.254 e. The highest BCUT2D eigenvalue weighted by Crippen LogP contribution is 2.33. The van der Waals surface area contributed by atoms with E-state index in [1.54, 1.807) is 11.8 Å². The van der Waals surface area contributed by atoms with Crippen LogP contribution in [0.15, 0.2) is 30.3 Å². The summed E-state index contributed by atoms with van der Waals surface area (Å²) >= 11 is 0. The fourth-order valence-electron chi connectivity index (χ4n) is 5.06. The van der Waals surface area contributed by atoms with Crippen molar-refractivity contribution in [3.63, 3.8) is 0 Å². The molecule has 2 aliphatic heterocycles. The number of ether oxygens (including phenoxy) is 1. The summed E-state index contributed by atoms with van der Waals surface area (Å²) in [5.41, 5.74) is 3.38. The number of nitrogens with zero attached hydrogens (tertiary/aromatic N) is 4. The van der Waals surface area contributed by atoms with Gasteiger partial charge in [0.2, 0.25) is 0 Å². The molecule has 0 bridgehead atoms. The Morgan fingerprint density at radius 2 is 1.79 bits per heavy atom. The Kier molecular flexibility index (Phi) is 6.06. The average molecular weight is 483 g/mol. The minimum Gasteiger partial charge on any atom is -0.497 e. The zero-order valence-corrected chi connectivity index (χ0v) is 20.5. The number of carbonyl (C=O) groups is 1. The largest absolute Gasteiger partial charge is 0.497 e. The van der Waals surface area contributed by atoms with Crippen LogP contribution in [0.5, 0.6) is 5.75 Å². The maximum atomic E-state index is 13.8. The van der Waals surface area contributed by atoms with Crippen molar-refractivity contribution in [1.29, 1.82) is 0 Å². The number of hydrogen-bond acceptors (Lipinski definition) is 6. The minimum atomic E-state index is -3.10. The summed E-state index contributed by atoms with van der Waals surface area (Å²) in [4.78, 5) is 20.6. The van der Waals surface area contributed by atoms with Crippen molar-refractivity contribution in [1.82, 2.24) is 19.7 Å². The van der Waals surface area contributed by atoms with E-state index in [2.05, 4.69) is 0 Å². The van der Waals surface area contributed by atoms with Crippen LogP contribution in [0.3, 0.4) is 0 Å². The lowest BCUT2D eigenvalue weighted by Crippen LogP contribution is -2.32. The van der Waals surface area contributed by atoms with Crippen molar-refractivity contribution in [2.24, 2.45) is 0 Å². The molecule has 0 spiro atoms. The number of benzene rings is 1. The number of amides is 1. The van der Waals surface area contributed by atoms with E-state index in [1.807, 2.05) is 42.2 Å². The van der Waals surface area contributed by atoms with Crippen molar-refractivity contribution in [3.05, 3.63) is 41.6 Å². The highest BCUT2D eigenvalue weighted by atomic mass is 32.2. The molecular formula is C25H30N4O4S. The maximum Gasteiger partial charge on any atom is 0.254 e. The number of sulfone groups is 1. The Balaban J connectivity index is 1.67. The van der Waals surface area contributed by atoms with Gasteiger partial charge in [0.1, 0.15) is 5.75 Å². The van der Waals surface area contributed by atoms with Gasteiger partial charge in [-0.1, -0.05) is 12.8 Å². The second-order valence-corrected chi connectivity index (χ2v) is 11.5. The molecule has 34 heavy (non-hydrogen) atoms. The number of rotatable bonds is 4. The van der Waals surface area contributed by atoms with Gasteiger partial charge in [0.05, 0.1) is 47.0 Å². The second kappa shape index (κ2) is 9.02. The van der Waals surface area contributed by atoms with Crippen LogP contribution >= 0.6 is 0 Å². The van der Waals surface area contributed by atoms with Crippen LogP contribution in [0, 0.1) is 6.92 Å². The Morgan fingerprint density at radius 3 is 2.41 bits per heavy atom. The monoisotopic (exact) mass is 482 g/mol. The highest BCUT2D eigenvalue weighted by molar-refractivity contribution is 7.91. The van der Waals surface area contributed by atoms with Gasteiger partial charge < -0.3 is 9.64 Å². The fraction of sp³-hybridized carbons (Fsp3) is 0.480. The lowest BCUT2D eigenvalue weighted by molar-refractivity contribution is 0.0763. The molecule has 0 aliphatic carbocycles. The van der Waals surface area contributed by atoms with Gasteiger partial charge in [0.25, 0.3) is 5.91 Å². The van der Waals surface area contributed by atoms with Crippen molar-refractivity contribution < 1.29 is 17.9 Å². The zero-order chi connectivity index (χ0) is 23.9. The number of hydrogen-bond donors (Lipinski definition) is 0. The van der Waals surface area contributed by atoms with Crippen molar-refractivity contribution in [3.8, 4) is 17.0 Å². The molecule has 0 unspecified atom stereocenters. The van der Waals surface area contributed by atoms with Gasteiger partial charge in [-0.3, -0.25) is 4.79 Å². The molecule has 0 radical (unpaired) electrons. The topological polar surface area (TPSA) is 94.4 Å². The van der Waals surface area contributed by atoms with Gasteiger partial charge in [-0.05, 0) is 56.5 Å². The van der Waals surface area contributed by atoms with E-state index < -0.39 is 9.84 Å². The summed E-state index contributed by atoms with van der Waals surface area (Å²) in [5.74, 6) is 0.927. The van der Waals surface area contributed by atoms with Crippen LogP contribution in [-0.4, -0.2) is 65.7 Å². The van der Waals surface area contributed by atoms with Crippen molar-refractivity contribution in [2.75, 3.05) is 31.7 Å². The van der Waals surface area contributed by atoms with Gasteiger partial charge in [-0.25, -0.2) is 18.1 Å². The van der Waals surface area contributed by atoms with Crippen LogP contribution in [0.1, 0.15) is 54.2 Å². The molecule has 4 heterocycles. The Labute approximate surface area is 199 Å². The molecule has 180 valence electrons. The fourth-order valence-corrected chi connectivity index (χ4v) is 6.75. The summed E-state index contributed by atoms with van der Waals surface area (Å²) < 4.78 is 31.4. The van der Waals surface area contributed by atoms with Gasteiger partial charge in [-0.2, -0.15) is 5.10 Å². The first-order valence-corrected chi connectivity index (χ1v) is 13.7. The molecule has 2 aromatic heterocycles. The minimum absolute atomic E-state index is 0.00856. The van der Waals surface area contributed by atoms with E-state index in [1.165, 1.54) is 0 Å². The van der Waals surface area contributed by atoms with E-state index in [4.69, 9.17) is 14.8 Å². The second-order valence-electron chi connectivity index (χ2n) is 9.28. The van der Waals surface area contributed by atoms with Gasteiger partial charge in [-0.15, -0.1) is 0 Å². The number of methoxy groups -OCH3 is 1. The SMILES string of the molecule is COc1ccc(-c2cc(C(=O)N3CCCCCC3)c3c(C)nn([C@H]4CCS(=O)(=O)C4)c3n2)cc1. The summed E-state index contributed by atoms with van der Waals surface area (Å²) in [7, 11) is -1.48. The van der Waals surface area contributed by atoms with E-state index in [0.29, 0.717) is 29.0 Å². The van der Waals surface area contributed by atoms with E-state index >= 15 is 0 Å². The number of likely N-dealkylation sites (tertiary alicyclic amines) is 1. The molecule has 9 heteroatoms. The molecule has 8 nitrogen and oxygen atoms in total. The van der Waals surface area contributed by atoms with Crippen LogP contribution in [0.2, 0.25) is 0 Å². The van der Waals surface area contributed by atoms with Crippen molar-refractivity contribution in [2.45, 2.75) is 45.1 Å². The molecule has 3 aromatic rings. The lowest BCUT2D eigenvalue weighted by atomic mass is 10.0. The Hall–Kier alpha value is -2.94. The van der Waals surface area contributed by atoms with Gasteiger partial charge >= 0.3 is 0 Å². The number of aryl methyl sites for hydroxylation is 1. The summed E-state index contributed by atoms with van der Waals surface area (Å²) in [6, 6.07) is 9.15. The Bertz CT molecular complexity index is 1320. The van der Waals surface area contributed by atoms with E-state index in [-0.39, 0.29) is 23.5 Å². The summed E-state index contributed by atoms with van der Waals surface area (Å²) in [6.45, 7) is 3.36. The third-order valence-electron chi connectivity index (χ3n) is 6.90. The van der Waals surface area contributed by atoms with Crippen LogP contribution in [0.25, 0.3) is 22.3 Å². The highest BCUT2D eigenvalue weighted by Gasteiger charge is 2.33. The molecule has 0 N–H and O–H groups in total. The quantitative estimate of drug-likeness (QED) is 0.562. The molecule has 2 aliphatic rings. The summed E-state index contributed by atoms with van der Waals surface area (Å²) in [6.07, 6.45) is 4.79. The predicted octanol–water partition coefficient (Wildman–Crippen LogP) is 3.79. The Morgan fingerprint density at radius 1 is 1.09 bits per heavy atom. The molecular weight excluding hydrogens is 452 g/mol. The maximum absolute atomic E-state index is 13.8. The first kappa shape index (κ1) is 22.8. The third kappa shape index (κ3) is 4.29. The molecule has 1 aromatic carbocycles. The van der Waals surface area contributed by atoms with Crippen LogP contribution in [0.4, 0.5) is 0 Å². The normalized spacial score (nSPS) is 20.4. The van der Waals surface area contributed by atoms with E-state index in [0.717, 1.165) is 55.5 Å². The van der Waals surface area contributed by atoms with Crippen LogP contribution in [-0.2, 0) is 9.84 Å². The predicted molar refractivity (Wildman–Crippen MR) is 131 cm³/mol. The average Bonchev–Trinajstić information content (AvgIpc) is 3.22. The lowest BCUT2D eigenvalue weighted by Gasteiger charge is -2.21. The molecule has 2 fully saturated rings. The number of fused-ring (bicyclic) bond motifs is 1. The van der Waals surface area contributed by atoms with Gasteiger partial charge in [0, 0.05) is 18.7 Å². The third-order valence-corrected chi connectivity index (χ3v) is 8.65. The first-order chi connectivity index (χ1) is 16.4. The van der Waals surface area contributed by atoms with E-state index in [9.17, 15) is 13.2 Å². The van der Waals surface area contributed by atoms with Crippen LogP contribution < -0.4 is 4.74 Å². The van der Waals surface area contributed by atoms with Crippen molar-refractivity contribution >= 4 is 26.8 Å². The molecule has 2 saturated heterocycles. The number of pyridine rings is 1. The molecule has 1 amide bonds. The molecule has 5 rings (SSSR count). The molecule has 0 saturated carbocycles. The number of carbonyl (C=O) groups excluding carboxylic acids is 1. The first-order valence-electron chi connectivity index (χ1n) is 11.9.